The van der Waals surface area contributed by atoms with Gasteiger partial charge < -0.3 is 10.6 Å². The molecule has 140 valence electrons. The zero-order valence-corrected chi connectivity index (χ0v) is 16.1. The lowest BCUT2D eigenvalue weighted by Crippen LogP contribution is -2.28. The third-order valence-corrected chi connectivity index (χ3v) is 5.56. The number of carbonyl (C=O) groups is 2. The molecule has 2 N–H and O–H groups in total. The number of hydrogen-bond donors (Lipinski definition) is 2. The number of fused-ring (bicyclic) bond motifs is 1. The molecule has 1 aliphatic heterocycles. The van der Waals surface area contributed by atoms with Gasteiger partial charge in [0.15, 0.2) is 5.17 Å². The van der Waals surface area contributed by atoms with Crippen molar-refractivity contribution in [2.75, 3.05) is 5.32 Å². The predicted octanol–water partition coefficient (Wildman–Crippen LogP) is 4.40. The molecule has 2 amide bonds. The van der Waals surface area contributed by atoms with Gasteiger partial charge in [0.1, 0.15) is 5.25 Å². The third kappa shape index (κ3) is 4.07. The molecule has 5 nitrogen and oxygen atoms in total. The smallest absolute Gasteiger partial charge is 0.240 e. The van der Waals surface area contributed by atoms with Crippen molar-refractivity contribution >= 4 is 50.9 Å². The number of aryl methyl sites for hydroxylation is 1. The monoisotopic (exact) mass is 389 g/mol. The van der Waals surface area contributed by atoms with Gasteiger partial charge in [-0.2, -0.15) is 0 Å². The van der Waals surface area contributed by atoms with Crippen LogP contribution in [0, 0.1) is 6.92 Å². The van der Waals surface area contributed by atoms with Crippen molar-refractivity contribution in [3.63, 3.8) is 0 Å². The highest BCUT2D eigenvalue weighted by atomic mass is 32.2. The largest absolute Gasteiger partial charge is 0.325 e. The van der Waals surface area contributed by atoms with Gasteiger partial charge in [-0.25, -0.2) is 4.99 Å². The average Bonchev–Trinajstić information content (AvgIpc) is 3.02. The second kappa shape index (κ2) is 7.86. The van der Waals surface area contributed by atoms with E-state index in [0.717, 1.165) is 27.7 Å². The Kier molecular flexibility index (Phi) is 5.12. The second-order valence-electron chi connectivity index (χ2n) is 6.63. The number of amides is 2. The molecule has 0 aromatic heterocycles. The summed E-state index contributed by atoms with van der Waals surface area (Å²) in [6, 6.07) is 21.4. The van der Waals surface area contributed by atoms with Crippen molar-refractivity contribution in [1.29, 1.82) is 0 Å². The molecule has 4 rings (SSSR count). The molecule has 0 radical (unpaired) electrons. The molecule has 28 heavy (non-hydrogen) atoms. The first-order valence-corrected chi connectivity index (χ1v) is 9.87. The maximum atomic E-state index is 12.5. The van der Waals surface area contributed by atoms with Gasteiger partial charge in [-0.05, 0) is 30.5 Å². The first-order valence-electron chi connectivity index (χ1n) is 8.99. The van der Waals surface area contributed by atoms with Crippen molar-refractivity contribution in [3.05, 3.63) is 72.3 Å². The van der Waals surface area contributed by atoms with Crippen molar-refractivity contribution in [3.8, 4) is 0 Å². The van der Waals surface area contributed by atoms with Crippen LogP contribution in [-0.4, -0.2) is 22.2 Å². The Bertz CT molecular complexity index is 1070. The molecule has 1 unspecified atom stereocenters. The lowest BCUT2D eigenvalue weighted by Gasteiger charge is -2.10. The van der Waals surface area contributed by atoms with Crippen molar-refractivity contribution in [1.82, 2.24) is 5.32 Å². The van der Waals surface area contributed by atoms with Gasteiger partial charge in [-0.3, -0.25) is 9.59 Å². The highest BCUT2D eigenvalue weighted by Gasteiger charge is 2.32. The number of nitrogens with one attached hydrogen (secondary N) is 2. The second-order valence-corrected chi connectivity index (χ2v) is 7.82. The van der Waals surface area contributed by atoms with Crippen LogP contribution in [0.4, 0.5) is 11.4 Å². The molecule has 0 aliphatic carbocycles. The van der Waals surface area contributed by atoms with Crippen molar-refractivity contribution < 1.29 is 9.59 Å². The normalized spacial score (nSPS) is 17.7. The molecule has 3 aromatic rings. The first-order chi connectivity index (χ1) is 13.6. The lowest BCUT2D eigenvalue weighted by molar-refractivity contribution is -0.122. The number of carbonyl (C=O) groups excluding carboxylic acids is 2. The number of amidine groups is 1. The molecule has 1 aliphatic rings. The molecule has 1 saturated heterocycles. The van der Waals surface area contributed by atoms with Crippen LogP contribution < -0.4 is 10.6 Å². The Labute approximate surface area is 167 Å². The first kappa shape index (κ1) is 18.3. The standard InChI is InChI=1S/C22H19N3O2S/c1-14-9-11-16(12-10-14)23-22-25-21(27)19(28-22)13-20(26)24-18-8-4-6-15-5-2-3-7-17(15)18/h2-12,19H,13H2,1H3,(H,24,26)(H,23,25,27). The summed E-state index contributed by atoms with van der Waals surface area (Å²) in [6.07, 6.45) is 0.0899. The quantitative estimate of drug-likeness (QED) is 0.695. The molecule has 1 atom stereocenters. The molecule has 0 bridgehead atoms. The summed E-state index contributed by atoms with van der Waals surface area (Å²) in [4.78, 5) is 29.2. The summed E-state index contributed by atoms with van der Waals surface area (Å²) in [5, 5.41) is 7.76. The summed E-state index contributed by atoms with van der Waals surface area (Å²) in [5.41, 5.74) is 2.67. The van der Waals surface area contributed by atoms with Crippen LogP contribution in [0.3, 0.4) is 0 Å². The van der Waals surface area contributed by atoms with Gasteiger partial charge >= 0.3 is 0 Å². The highest BCUT2D eigenvalue weighted by molar-refractivity contribution is 8.15. The maximum absolute atomic E-state index is 12.5. The number of rotatable bonds is 4. The fraction of sp³-hybridized carbons (Fsp3) is 0.136. The van der Waals surface area contributed by atoms with E-state index in [1.165, 1.54) is 11.8 Å². The van der Waals surface area contributed by atoms with Crippen LogP contribution in [0.2, 0.25) is 0 Å². The molecule has 3 aromatic carbocycles. The maximum Gasteiger partial charge on any atom is 0.240 e. The fourth-order valence-corrected chi connectivity index (χ4v) is 4.02. The number of thioether (sulfide) groups is 1. The molecular weight excluding hydrogens is 370 g/mol. The van der Waals surface area contributed by atoms with E-state index in [1.54, 1.807) is 0 Å². The number of benzene rings is 3. The van der Waals surface area contributed by atoms with E-state index in [9.17, 15) is 9.59 Å². The molecule has 1 fully saturated rings. The minimum atomic E-state index is -0.487. The highest BCUT2D eigenvalue weighted by Crippen LogP contribution is 2.27. The lowest BCUT2D eigenvalue weighted by atomic mass is 10.1. The fourth-order valence-electron chi connectivity index (χ4n) is 3.03. The van der Waals surface area contributed by atoms with E-state index in [1.807, 2.05) is 73.7 Å². The summed E-state index contributed by atoms with van der Waals surface area (Å²) in [5.74, 6) is -0.385. The van der Waals surface area contributed by atoms with E-state index in [2.05, 4.69) is 15.6 Å². The van der Waals surface area contributed by atoms with Gasteiger partial charge in [-0.1, -0.05) is 65.9 Å². The third-order valence-electron chi connectivity index (χ3n) is 4.48. The minimum absolute atomic E-state index is 0.0899. The van der Waals surface area contributed by atoms with E-state index in [4.69, 9.17) is 0 Å². The molecule has 6 heteroatoms. The van der Waals surface area contributed by atoms with Gasteiger partial charge in [-0.15, -0.1) is 0 Å². The van der Waals surface area contributed by atoms with Gasteiger partial charge in [0.05, 0.1) is 5.69 Å². The SMILES string of the molecule is Cc1ccc(N=C2NC(=O)C(CC(=O)Nc3cccc4ccccc34)S2)cc1. The topological polar surface area (TPSA) is 70.6 Å². The zero-order chi connectivity index (χ0) is 19.5. The van der Waals surface area contributed by atoms with Crippen LogP contribution in [-0.2, 0) is 9.59 Å². The molecule has 1 heterocycles. The molecule has 0 saturated carbocycles. The Hall–Kier alpha value is -3.12. The van der Waals surface area contributed by atoms with Crippen molar-refractivity contribution in [2.24, 2.45) is 4.99 Å². The Morgan fingerprint density at radius 3 is 2.64 bits per heavy atom. The van der Waals surface area contributed by atoms with Crippen LogP contribution in [0.15, 0.2) is 71.7 Å². The van der Waals surface area contributed by atoms with Crippen molar-refractivity contribution in [2.45, 2.75) is 18.6 Å². The van der Waals surface area contributed by atoms with E-state index in [0.29, 0.717) is 5.17 Å². The number of aliphatic imine (C=N–C) groups is 1. The molecule has 0 spiro atoms. The predicted molar refractivity (Wildman–Crippen MR) is 115 cm³/mol. The minimum Gasteiger partial charge on any atom is -0.325 e. The van der Waals surface area contributed by atoms with Crippen LogP contribution >= 0.6 is 11.8 Å². The van der Waals surface area contributed by atoms with E-state index >= 15 is 0 Å². The van der Waals surface area contributed by atoms with Crippen LogP contribution in [0.25, 0.3) is 10.8 Å². The van der Waals surface area contributed by atoms with Gasteiger partial charge in [0.2, 0.25) is 11.8 Å². The van der Waals surface area contributed by atoms with Gasteiger partial charge in [0.25, 0.3) is 0 Å². The van der Waals surface area contributed by atoms with E-state index < -0.39 is 5.25 Å². The summed E-state index contributed by atoms with van der Waals surface area (Å²) >= 11 is 1.29. The average molecular weight is 389 g/mol. The molecular formula is C22H19N3O2S. The zero-order valence-electron chi connectivity index (χ0n) is 15.3. The summed E-state index contributed by atoms with van der Waals surface area (Å²) in [7, 11) is 0. The Morgan fingerprint density at radius 2 is 1.82 bits per heavy atom. The van der Waals surface area contributed by atoms with Gasteiger partial charge in [0, 0.05) is 17.5 Å². The summed E-state index contributed by atoms with van der Waals surface area (Å²) in [6.45, 7) is 2.01. The number of anilines is 1. The Morgan fingerprint density at radius 1 is 1.07 bits per heavy atom. The van der Waals surface area contributed by atoms with Crippen LogP contribution in [0.5, 0.6) is 0 Å². The van der Waals surface area contributed by atoms with Crippen LogP contribution in [0.1, 0.15) is 12.0 Å². The number of hydrogen-bond acceptors (Lipinski definition) is 4. The van der Waals surface area contributed by atoms with E-state index in [-0.39, 0.29) is 18.2 Å². The Balaban J connectivity index is 1.43. The summed E-state index contributed by atoms with van der Waals surface area (Å²) < 4.78 is 0. The number of nitrogens with zero attached hydrogens (tertiary/aromatic N) is 1.